The molecule has 0 atom stereocenters. The maximum absolute atomic E-state index is 14.0. The summed E-state index contributed by atoms with van der Waals surface area (Å²) >= 11 is 12.2. The molecule has 0 unspecified atom stereocenters. The zero-order valence-electron chi connectivity index (χ0n) is 23.5. The van der Waals surface area contributed by atoms with Crippen LogP contribution >= 0.6 is 23.2 Å². The number of nitrogens with zero attached hydrogens (tertiary/aromatic N) is 1. The summed E-state index contributed by atoms with van der Waals surface area (Å²) < 4.78 is 34.5. The second-order valence-corrected chi connectivity index (χ2v) is 13.5. The predicted molar refractivity (Wildman–Crippen MR) is 166 cm³/mol. The largest absolute Gasteiger partial charge is 0.505 e. The molecular formula is C32H32Cl2N2O5S. The molecular weight excluding hydrogens is 595 g/mol. The first kappa shape index (κ1) is 31.4. The Balaban J connectivity index is 1.63. The molecule has 0 bridgehead atoms. The molecule has 2 N–H and O–H groups in total. The highest BCUT2D eigenvalue weighted by Gasteiger charge is 2.29. The van der Waals surface area contributed by atoms with Gasteiger partial charge in [0.05, 0.1) is 5.02 Å². The number of hydrogen-bond acceptors (Lipinski definition) is 5. The fourth-order valence-corrected chi connectivity index (χ4v) is 6.43. The van der Waals surface area contributed by atoms with Gasteiger partial charge in [-0.3, -0.25) is 0 Å². The molecule has 1 amide bonds. The topological polar surface area (TPSA) is 95.9 Å². The van der Waals surface area contributed by atoms with Gasteiger partial charge in [-0.1, -0.05) is 102 Å². The number of carbonyl (C=O) groups excluding carboxylic acids is 1. The zero-order valence-corrected chi connectivity index (χ0v) is 25.8. The molecule has 0 aliphatic heterocycles. The van der Waals surface area contributed by atoms with Crippen molar-refractivity contribution in [2.45, 2.75) is 50.9 Å². The molecule has 0 saturated heterocycles. The zero-order chi connectivity index (χ0) is 30.5. The van der Waals surface area contributed by atoms with Crippen LogP contribution in [0.5, 0.6) is 5.75 Å². The SMILES string of the molecule is CC(C)(C)OC(=O)NCc1cccc(CN(Cc2ccc(-c3ccccc3)cc2)S(=O)(=O)c2cc(Cl)cc(Cl)c2O)c1. The molecule has 0 radical (unpaired) electrons. The van der Waals surface area contributed by atoms with E-state index in [0.29, 0.717) is 5.56 Å². The summed E-state index contributed by atoms with van der Waals surface area (Å²) in [4.78, 5) is 11.7. The number of amides is 1. The van der Waals surface area contributed by atoms with Gasteiger partial charge in [0.25, 0.3) is 0 Å². The van der Waals surface area contributed by atoms with Crippen LogP contribution in [0.1, 0.15) is 37.5 Å². The molecule has 0 aliphatic rings. The van der Waals surface area contributed by atoms with E-state index in [1.165, 1.54) is 16.4 Å². The maximum atomic E-state index is 14.0. The summed E-state index contributed by atoms with van der Waals surface area (Å²) in [5.74, 6) is -0.569. The summed E-state index contributed by atoms with van der Waals surface area (Å²) in [6.45, 7) is 5.53. The molecule has 0 heterocycles. The van der Waals surface area contributed by atoms with Crippen LogP contribution in [-0.4, -0.2) is 29.5 Å². The van der Waals surface area contributed by atoms with E-state index in [4.69, 9.17) is 27.9 Å². The summed E-state index contributed by atoms with van der Waals surface area (Å²) in [6, 6.07) is 27.2. The lowest BCUT2D eigenvalue weighted by molar-refractivity contribution is 0.0523. The van der Waals surface area contributed by atoms with Crippen LogP contribution in [0.3, 0.4) is 0 Å². The second-order valence-electron chi connectivity index (χ2n) is 10.7. The van der Waals surface area contributed by atoms with Crippen molar-refractivity contribution >= 4 is 39.3 Å². The highest BCUT2D eigenvalue weighted by molar-refractivity contribution is 7.89. The molecule has 4 aromatic carbocycles. The lowest BCUT2D eigenvalue weighted by Crippen LogP contribution is -2.32. The molecule has 4 rings (SSSR count). The Morgan fingerprint density at radius 3 is 2.12 bits per heavy atom. The minimum atomic E-state index is -4.27. The number of alkyl carbamates (subject to hydrolysis) is 1. The third-order valence-electron chi connectivity index (χ3n) is 6.22. The number of benzene rings is 4. The molecule has 0 aromatic heterocycles. The Morgan fingerprint density at radius 1 is 0.833 bits per heavy atom. The van der Waals surface area contributed by atoms with Crippen LogP contribution in [0.4, 0.5) is 4.79 Å². The van der Waals surface area contributed by atoms with Gasteiger partial charge < -0.3 is 15.2 Å². The van der Waals surface area contributed by atoms with Crippen molar-refractivity contribution in [3.63, 3.8) is 0 Å². The van der Waals surface area contributed by atoms with Crippen molar-refractivity contribution in [2.24, 2.45) is 0 Å². The molecule has 0 spiro atoms. The predicted octanol–water partition coefficient (Wildman–Crippen LogP) is 7.78. The Bertz CT molecular complexity index is 1660. The van der Waals surface area contributed by atoms with Gasteiger partial charge in [0.1, 0.15) is 10.5 Å². The fourth-order valence-electron chi connectivity index (χ4n) is 4.27. The number of sulfonamides is 1. The standard InChI is InChI=1S/C32H32Cl2N2O5S/c1-32(2,3)41-31(38)35-19-23-8-7-9-24(16-23)21-36(42(39,40)29-18-27(33)17-28(34)30(29)37)20-22-12-14-26(15-13-22)25-10-5-4-6-11-25/h4-18,37H,19-21H2,1-3H3,(H,35,38). The van der Waals surface area contributed by atoms with Gasteiger partial charge in [-0.15, -0.1) is 0 Å². The smallest absolute Gasteiger partial charge is 0.407 e. The number of aromatic hydroxyl groups is 1. The number of rotatable bonds is 9. The molecule has 0 saturated carbocycles. The monoisotopic (exact) mass is 626 g/mol. The van der Waals surface area contributed by atoms with Gasteiger partial charge in [-0.2, -0.15) is 4.31 Å². The van der Waals surface area contributed by atoms with Crippen LogP contribution in [0, 0.1) is 0 Å². The lowest BCUT2D eigenvalue weighted by atomic mass is 10.0. The van der Waals surface area contributed by atoms with Crippen LogP contribution < -0.4 is 5.32 Å². The number of hydrogen-bond donors (Lipinski definition) is 2. The van der Waals surface area contributed by atoms with Crippen LogP contribution in [0.15, 0.2) is 95.9 Å². The van der Waals surface area contributed by atoms with E-state index < -0.39 is 27.5 Å². The van der Waals surface area contributed by atoms with Crippen LogP contribution in [0.25, 0.3) is 11.1 Å². The van der Waals surface area contributed by atoms with Gasteiger partial charge in [0.15, 0.2) is 5.75 Å². The average molecular weight is 628 g/mol. The number of ether oxygens (including phenoxy) is 1. The quantitative estimate of drug-likeness (QED) is 0.198. The second kappa shape index (κ2) is 13.2. The first-order chi connectivity index (χ1) is 19.8. The lowest BCUT2D eigenvalue weighted by Gasteiger charge is -2.24. The average Bonchev–Trinajstić information content (AvgIpc) is 2.93. The van der Waals surface area contributed by atoms with Crippen LogP contribution in [-0.2, 0) is 34.4 Å². The summed E-state index contributed by atoms with van der Waals surface area (Å²) in [5.41, 5.74) is 3.59. The molecule has 7 nitrogen and oxygen atoms in total. The maximum Gasteiger partial charge on any atom is 0.407 e. The third-order valence-corrected chi connectivity index (χ3v) is 8.53. The number of phenolic OH excluding ortho intramolecular Hbond substituents is 1. The van der Waals surface area contributed by atoms with Crippen molar-refractivity contribution in [1.82, 2.24) is 9.62 Å². The molecule has 10 heteroatoms. The number of phenols is 1. The molecule has 4 aromatic rings. The molecule has 42 heavy (non-hydrogen) atoms. The Kier molecular flexibility index (Phi) is 9.84. The van der Waals surface area contributed by atoms with E-state index >= 15 is 0 Å². The first-order valence-corrected chi connectivity index (χ1v) is 15.4. The molecule has 0 fully saturated rings. The molecule has 220 valence electrons. The Labute approximate surface area is 256 Å². The summed E-state index contributed by atoms with van der Waals surface area (Å²) in [5, 5.41) is 13.2. The number of halogens is 2. The van der Waals surface area contributed by atoms with Crippen molar-refractivity contribution in [3.8, 4) is 16.9 Å². The van der Waals surface area contributed by atoms with Gasteiger partial charge in [0, 0.05) is 24.7 Å². The van der Waals surface area contributed by atoms with E-state index in [1.807, 2.05) is 66.7 Å². The molecule has 0 aliphatic carbocycles. The highest BCUT2D eigenvalue weighted by Crippen LogP contribution is 2.36. The van der Waals surface area contributed by atoms with Crippen molar-refractivity contribution in [2.75, 3.05) is 0 Å². The highest BCUT2D eigenvalue weighted by atomic mass is 35.5. The normalized spacial score (nSPS) is 11.9. The van der Waals surface area contributed by atoms with Crippen molar-refractivity contribution in [1.29, 1.82) is 0 Å². The summed E-state index contributed by atoms with van der Waals surface area (Å²) in [7, 11) is -4.27. The van der Waals surface area contributed by atoms with E-state index in [2.05, 4.69) is 5.32 Å². The van der Waals surface area contributed by atoms with Gasteiger partial charge in [-0.05, 0) is 60.7 Å². The van der Waals surface area contributed by atoms with Gasteiger partial charge in [0.2, 0.25) is 10.0 Å². The number of nitrogens with one attached hydrogen (secondary N) is 1. The van der Waals surface area contributed by atoms with E-state index in [-0.39, 0.29) is 34.6 Å². The van der Waals surface area contributed by atoms with Crippen molar-refractivity contribution in [3.05, 3.63) is 118 Å². The first-order valence-electron chi connectivity index (χ1n) is 13.2. The Hall–Kier alpha value is -3.56. The van der Waals surface area contributed by atoms with E-state index in [9.17, 15) is 18.3 Å². The van der Waals surface area contributed by atoms with E-state index in [0.717, 1.165) is 22.3 Å². The summed E-state index contributed by atoms with van der Waals surface area (Å²) in [6.07, 6.45) is -0.552. The van der Waals surface area contributed by atoms with Crippen molar-refractivity contribution < 1.29 is 23.1 Å². The van der Waals surface area contributed by atoms with E-state index in [1.54, 1.807) is 32.9 Å². The van der Waals surface area contributed by atoms with Gasteiger partial charge in [-0.25, -0.2) is 13.2 Å². The minimum Gasteiger partial charge on any atom is -0.505 e. The van der Waals surface area contributed by atoms with Gasteiger partial charge >= 0.3 is 6.09 Å². The fraction of sp³-hybridized carbons (Fsp3) is 0.219. The Morgan fingerprint density at radius 2 is 1.45 bits per heavy atom. The third kappa shape index (κ3) is 8.26. The van der Waals surface area contributed by atoms with Crippen LogP contribution in [0.2, 0.25) is 10.0 Å². The number of carbonyl (C=O) groups is 1. The minimum absolute atomic E-state index is 0.0152.